The van der Waals surface area contributed by atoms with Crippen LogP contribution in [-0.4, -0.2) is 16.0 Å². The molecule has 0 radical (unpaired) electrons. The second kappa shape index (κ2) is 6.94. The summed E-state index contributed by atoms with van der Waals surface area (Å²) < 4.78 is 13.0. The third-order valence-corrected chi connectivity index (χ3v) is 4.12. The third kappa shape index (κ3) is 4.41. The first-order valence-electron chi connectivity index (χ1n) is 8.28. The second-order valence-corrected chi connectivity index (χ2v) is 6.21. The number of hydrogen-bond acceptors (Lipinski definition) is 4. The van der Waals surface area contributed by atoms with Crippen LogP contribution in [0.5, 0.6) is 0 Å². The molecule has 122 valence electrons. The lowest BCUT2D eigenvalue weighted by atomic mass is 10.2. The standard InChI is InChI=1S/C18H23FN4/c1-3-12(2)21-18-22-16(14-6-7-14)10-17(23-18)20-11-13-4-8-15(19)9-5-13/h4-5,8-10,12,14H,3,6-7,11H2,1-2H3,(H2,20,21,22,23)/t12-/m1/s1. The highest BCUT2D eigenvalue weighted by atomic mass is 19.1. The molecule has 2 N–H and O–H groups in total. The summed E-state index contributed by atoms with van der Waals surface area (Å²) in [5.74, 6) is 1.86. The van der Waals surface area contributed by atoms with Gasteiger partial charge in [0.15, 0.2) is 0 Å². The van der Waals surface area contributed by atoms with Crippen LogP contribution >= 0.6 is 0 Å². The molecule has 1 heterocycles. The molecule has 1 aromatic heterocycles. The van der Waals surface area contributed by atoms with Crippen molar-refractivity contribution < 1.29 is 4.39 Å². The van der Waals surface area contributed by atoms with Crippen molar-refractivity contribution in [3.8, 4) is 0 Å². The molecular formula is C18H23FN4. The molecule has 3 rings (SSSR count). The molecule has 0 saturated heterocycles. The van der Waals surface area contributed by atoms with E-state index >= 15 is 0 Å². The van der Waals surface area contributed by atoms with Gasteiger partial charge in [0.2, 0.25) is 5.95 Å². The van der Waals surface area contributed by atoms with E-state index in [0.717, 1.165) is 23.5 Å². The van der Waals surface area contributed by atoms with Crippen LogP contribution in [0.15, 0.2) is 30.3 Å². The smallest absolute Gasteiger partial charge is 0.225 e. The van der Waals surface area contributed by atoms with E-state index in [1.807, 2.05) is 6.07 Å². The first-order chi connectivity index (χ1) is 11.1. The van der Waals surface area contributed by atoms with Crippen LogP contribution in [0.4, 0.5) is 16.2 Å². The quantitative estimate of drug-likeness (QED) is 0.799. The summed E-state index contributed by atoms with van der Waals surface area (Å²) in [7, 11) is 0. The van der Waals surface area contributed by atoms with E-state index in [0.29, 0.717) is 24.5 Å². The maximum absolute atomic E-state index is 13.0. The molecule has 0 spiro atoms. The van der Waals surface area contributed by atoms with E-state index < -0.39 is 0 Å². The van der Waals surface area contributed by atoms with Gasteiger partial charge >= 0.3 is 0 Å². The molecule has 0 bridgehead atoms. The van der Waals surface area contributed by atoms with Crippen LogP contribution in [0.2, 0.25) is 0 Å². The predicted molar refractivity (Wildman–Crippen MR) is 91.1 cm³/mol. The van der Waals surface area contributed by atoms with Gasteiger partial charge in [-0.15, -0.1) is 0 Å². The van der Waals surface area contributed by atoms with Crippen molar-refractivity contribution in [1.29, 1.82) is 0 Å². The molecule has 23 heavy (non-hydrogen) atoms. The largest absolute Gasteiger partial charge is 0.366 e. The Morgan fingerprint density at radius 3 is 2.61 bits per heavy atom. The molecule has 0 unspecified atom stereocenters. The normalized spacial score (nSPS) is 15.3. The number of aromatic nitrogens is 2. The van der Waals surface area contributed by atoms with E-state index in [1.165, 1.54) is 25.0 Å². The average Bonchev–Trinajstić information content (AvgIpc) is 3.39. The Balaban J connectivity index is 1.73. The minimum absolute atomic E-state index is 0.216. The Kier molecular flexibility index (Phi) is 4.74. The molecule has 0 aliphatic heterocycles. The van der Waals surface area contributed by atoms with Crippen molar-refractivity contribution in [2.45, 2.75) is 51.6 Å². The number of hydrogen-bond donors (Lipinski definition) is 2. The first-order valence-corrected chi connectivity index (χ1v) is 8.28. The second-order valence-electron chi connectivity index (χ2n) is 6.21. The van der Waals surface area contributed by atoms with E-state index in [9.17, 15) is 4.39 Å². The van der Waals surface area contributed by atoms with Gasteiger partial charge in [0.05, 0.1) is 5.69 Å². The first kappa shape index (κ1) is 15.7. The molecule has 1 fully saturated rings. The topological polar surface area (TPSA) is 49.8 Å². The lowest BCUT2D eigenvalue weighted by molar-refractivity contribution is 0.627. The van der Waals surface area contributed by atoms with Crippen LogP contribution < -0.4 is 10.6 Å². The number of anilines is 2. The van der Waals surface area contributed by atoms with Crippen molar-refractivity contribution in [2.24, 2.45) is 0 Å². The number of rotatable bonds is 7. The minimum atomic E-state index is -0.216. The van der Waals surface area contributed by atoms with Crippen molar-refractivity contribution in [2.75, 3.05) is 10.6 Å². The molecule has 1 aromatic carbocycles. The lowest BCUT2D eigenvalue weighted by Gasteiger charge is -2.14. The molecule has 2 aromatic rings. The van der Waals surface area contributed by atoms with Crippen molar-refractivity contribution in [3.63, 3.8) is 0 Å². The van der Waals surface area contributed by atoms with Crippen LogP contribution in [0.1, 0.15) is 50.3 Å². The maximum atomic E-state index is 13.0. The Hall–Kier alpha value is -2.17. The average molecular weight is 314 g/mol. The van der Waals surface area contributed by atoms with E-state index in [-0.39, 0.29) is 5.82 Å². The molecule has 5 heteroatoms. The zero-order chi connectivity index (χ0) is 16.2. The van der Waals surface area contributed by atoms with Crippen molar-refractivity contribution >= 4 is 11.8 Å². The van der Waals surface area contributed by atoms with Gasteiger partial charge in [0, 0.05) is 24.6 Å². The molecule has 4 nitrogen and oxygen atoms in total. The fourth-order valence-corrected chi connectivity index (χ4v) is 2.33. The summed E-state index contributed by atoms with van der Waals surface area (Å²) in [6.07, 6.45) is 3.43. The van der Waals surface area contributed by atoms with Gasteiger partial charge in [-0.1, -0.05) is 19.1 Å². The summed E-state index contributed by atoms with van der Waals surface area (Å²) in [6, 6.07) is 8.89. The Morgan fingerprint density at radius 1 is 1.22 bits per heavy atom. The highest BCUT2D eigenvalue weighted by Gasteiger charge is 2.26. The SMILES string of the molecule is CC[C@@H](C)Nc1nc(NCc2ccc(F)cc2)cc(C2CC2)n1. The summed E-state index contributed by atoms with van der Waals surface area (Å²) in [6.45, 7) is 4.87. The summed E-state index contributed by atoms with van der Waals surface area (Å²) in [4.78, 5) is 9.19. The Labute approximate surface area is 136 Å². The fraction of sp³-hybridized carbons (Fsp3) is 0.444. The third-order valence-electron chi connectivity index (χ3n) is 4.12. The predicted octanol–water partition coefficient (Wildman–Crippen LogP) is 4.32. The van der Waals surface area contributed by atoms with Crippen LogP contribution in [0.25, 0.3) is 0 Å². The highest BCUT2D eigenvalue weighted by Crippen LogP contribution is 2.39. The van der Waals surface area contributed by atoms with Gasteiger partial charge in [-0.25, -0.2) is 9.37 Å². The zero-order valence-corrected chi connectivity index (χ0v) is 13.6. The Bertz CT molecular complexity index is 653. The lowest BCUT2D eigenvalue weighted by Crippen LogP contribution is -2.17. The molecular weight excluding hydrogens is 291 g/mol. The van der Waals surface area contributed by atoms with Crippen LogP contribution in [0.3, 0.4) is 0 Å². The fourth-order valence-electron chi connectivity index (χ4n) is 2.33. The van der Waals surface area contributed by atoms with E-state index in [4.69, 9.17) is 0 Å². The van der Waals surface area contributed by atoms with Crippen LogP contribution in [-0.2, 0) is 6.54 Å². The molecule has 1 atom stereocenters. The van der Waals surface area contributed by atoms with E-state index in [2.05, 4.69) is 34.4 Å². The number of nitrogens with zero attached hydrogens (tertiary/aromatic N) is 2. The van der Waals surface area contributed by atoms with Gasteiger partial charge < -0.3 is 10.6 Å². The minimum Gasteiger partial charge on any atom is -0.366 e. The van der Waals surface area contributed by atoms with Gasteiger partial charge in [-0.2, -0.15) is 4.98 Å². The molecule has 0 amide bonds. The molecule has 1 aliphatic rings. The van der Waals surface area contributed by atoms with E-state index in [1.54, 1.807) is 12.1 Å². The number of benzene rings is 1. The summed E-state index contributed by atoms with van der Waals surface area (Å²) in [5.41, 5.74) is 2.13. The van der Waals surface area contributed by atoms with Gasteiger partial charge in [0.1, 0.15) is 11.6 Å². The van der Waals surface area contributed by atoms with Gasteiger partial charge in [-0.3, -0.25) is 0 Å². The van der Waals surface area contributed by atoms with Gasteiger partial charge in [0.25, 0.3) is 0 Å². The monoisotopic (exact) mass is 314 g/mol. The zero-order valence-electron chi connectivity index (χ0n) is 13.6. The van der Waals surface area contributed by atoms with Crippen molar-refractivity contribution in [3.05, 3.63) is 47.4 Å². The summed E-state index contributed by atoms with van der Waals surface area (Å²) >= 11 is 0. The summed E-state index contributed by atoms with van der Waals surface area (Å²) in [5, 5.41) is 6.67. The number of nitrogens with one attached hydrogen (secondary N) is 2. The van der Waals surface area contributed by atoms with Gasteiger partial charge in [-0.05, 0) is 43.9 Å². The maximum Gasteiger partial charge on any atom is 0.225 e. The van der Waals surface area contributed by atoms with Crippen molar-refractivity contribution in [1.82, 2.24) is 9.97 Å². The van der Waals surface area contributed by atoms with Crippen LogP contribution in [0, 0.1) is 5.82 Å². The molecule has 1 saturated carbocycles. The Morgan fingerprint density at radius 2 is 1.96 bits per heavy atom. The number of halogens is 1. The highest BCUT2D eigenvalue weighted by molar-refractivity contribution is 5.44. The molecule has 1 aliphatic carbocycles.